The molecular weight excluding hydrogens is 242 g/mol. The van der Waals surface area contributed by atoms with Crippen molar-refractivity contribution >= 4 is 5.91 Å². The molecule has 0 radical (unpaired) electrons. The van der Waals surface area contributed by atoms with E-state index in [9.17, 15) is 4.79 Å². The third-order valence-electron chi connectivity index (χ3n) is 2.91. The lowest BCUT2D eigenvalue weighted by molar-refractivity contribution is 0.0781. The number of methoxy groups -OCH3 is 1. The molecule has 5 heteroatoms. The predicted octanol–water partition coefficient (Wildman–Crippen LogP) is 2.00. The highest BCUT2D eigenvalue weighted by atomic mass is 16.5. The maximum atomic E-state index is 12.4. The molecule has 1 aromatic carbocycles. The SMILES string of the molecule is COc1ccc(C)cc1C(=O)N(C)Cc1cn[nH]c1. The summed E-state index contributed by atoms with van der Waals surface area (Å²) >= 11 is 0. The Morgan fingerprint density at radius 1 is 1.47 bits per heavy atom. The number of hydrogen-bond donors (Lipinski definition) is 1. The molecule has 1 amide bonds. The average Bonchev–Trinajstić information content (AvgIpc) is 2.90. The van der Waals surface area contributed by atoms with Crippen LogP contribution in [-0.2, 0) is 6.54 Å². The van der Waals surface area contributed by atoms with Gasteiger partial charge in [0.25, 0.3) is 5.91 Å². The zero-order valence-electron chi connectivity index (χ0n) is 11.3. The number of carbonyl (C=O) groups is 1. The molecular formula is C14H17N3O2. The number of amides is 1. The van der Waals surface area contributed by atoms with E-state index in [0.717, 1.165) is 11.1 Å². The van der Waals surface area contributed by atoms with E-state index in [4.69, 9.17) is 4.74 Å². The zero-order valence-corrected chi connectivity index (χ0v) is 11.3. The Balaban J connectivity index is 2.21. The third kappa shape index (κ3) is 2.93. The molecule has 0 aliphatic rings. The summed E-state index contributed by atoms with van der Waals surface area (Å²) in [5.41, 5.74) is 2.57. The molecule has 0 saturated heterocycles. The van der Waals surface area contributed by atoms with Crippen LogP contribution in [0.25, 0.3) is 0 Å². The molecule has 0 spiro atoms. The lowest BCUT2D eigenvalue weighted by Crippen LogP contribution is -2.26. The van der Waals surface area contributed by atoms with Crippen LogP contribution in [-0.4, -0.2) is 35.2 Å². The van der Waals surface area contributed by atoms with E-state index in [2.05, 4.69) is 10.2 Å². The van der Waals surface area contributed by atoms with E-state index >= 15 is 0 Å². The molecule has 19 heavy (non-hydrogen) atoms. The van der Waals surface area contributed by atoms with Crippen LogP contribution in [0.15, 0.2) is 30.6 Å². The molecule has 0 fully saturated rings. The monoisotopic (exact) mass is 259 g/mol. The van der Waals surface area contributed by atoms with Crippen LogP contribution in [0.4, 0.5) is 0 Å². The van der Waals surface area contributed by atoms with Crippen LogP contribution in [0.2, 0.25) is 0 Å². The van der Waals surface area contributed by atoms with Gasteiger partial charge in [0.2, 0.25) is 0 Å². The van der Waals surface area contributed by atoms with Gasteiger partial charge >= 0.3 is 0 Å². The number of nitrogens with one attached hydrogen (secondary N) is 1. The van der Waals surface area contributed by atoms with Crippen LogP contribution in [0.5, 0.6) is 5.75 Å². The number of aromatic amines is 1. The number of carbonyl (C=O) groups excluding carboxylic acids is 1. The summed E-state index contributed by atoms with van der Waals surface area (Å²) in [4.78, 5) is 14.1. The Hall–Kier alpha value is -2.30. The topological polar surface area (TPSA) is 58.2 Å². The number of nitrogens with zero attached hydrogens (tertiary/aromatic N) is 2. The third-order valence-corrected chi connectivity index (χ3v) is 2.91. The van der Waals surface area contributed by atoms with Crippen LogP contribution in [0, 0.1) is 6.92 Å². The molecule has 0 saturated carbocycles. The molecule has 2 aromatic rings. The summed E-state index contributed by atoms with van der Waals surface area (Å²) < 4.78 is 5.24. The number of H-pyrrole nitrogens is 1. The summed E-state index contributed by atoms with van der Waals surface area (Å²) in [6.07, 6.45) is 3.48. The first-order valence-corrected chi connectivity index (χ1v) is 5.99. The minimum absolute atomic E-state index is 0.0678. The standard InChI is InChI=1S/C14H17N3O2/c1-10-4-5-13(19-3)12(6-10)14(18)17(2)9-11-7-15-16-8-11/h4-8H,9H2,1-3H3,(H,15,16). The van der Waals surface area contributed by atoms with Gasteiger partial charge in [0.1, 0.15) is 5.75 Å². The van der Waals surface area contributed by atoms with Gasteiger partial charge in [-0.1, -0.05) is 11.6 Å². The zero-order chi connectivity index (χ0) is 13.8. The van der Waals surface area contributed by atoms with E-state index in [1.165, 1.54) is 0 Å². The van der Waals surface area contributed by atoms with Crippen LogP contribution < -0.4 is 4.74 Å². The molecule has 2 rings (SSSR count). The van der Waals surface area contributed by atoms with Crippen molar-refractivity contribution in [3.8, 4) is 5.75 Å². The van der Waals surface area contributed by atoms with Crippen molar-refractivity contribution in [2.45, 2.75) is 13.5 Å². The Kier molecular flexibility index (Phi) is 3.85. The second-order valence-electron chi connectivity index (χ2n) is 4.47. The summed E-state index contributed by atoms with van der Waals surface area (Å²) in [5.74, 6) is 0.524. The summed E-state index contributed by atoms with van der Waals surface area (Å²) in [6.45, 7) is 2.46. The summed E-state index contributed by atoms with van der Waals surface area (Å²) in [5, 5.41) is 6.60. The molecule has 0 atom stereocenters. The first kappa shape index (κ1) is 13.1. The summed E-state index contributed by atoms with van der Waals surface area (Å²) in [7, 11) is 3.33. The van der Waals surface area contributed by atoms with Gasteiger partial charge in [-0.2, -0.15) is 5.10 Å². The second kappa shape index (κ2) is 5.56. The maximum absolute atomic E-state index is 12.4. The Bertz CT molecular complexity index is 564. The number of hydrogen-bond acceptors (Lipinski definition) is 3. The van der Waals surface area contributed by atoms with Crippen molar-refractivity contribution in [3.05, 3.63) is 47.3 Å². The van der Waals surface area contributed by atoms with Gasteiger partial charge < -0.3 is 9.64 Å². The van der Waals surface area contributed by atoms with Crippen molar-refractivity contribution < 1.29 is 9.53 Å². The van der Waals surface area contributed by atoms with Gasteiger partial charge in [0.05, 0.1) is 18.9 Å². The number of rotatable bonds is 4. The van der Waals surface area contributed by atoms with Crippen LogP contribution in [0.1, 0.15) is 21.5 Å². The first-order chi connectivity index (χ1) is 9.11. The summed E-state index contributed by atoms with van der Waals surface area (Å²) in [6, 6.07) is 5.58. The molecule has 0 aliphatic heterocycles. The number of benzene rings is 1. The van der Waals surface area contributed by atoms with Gasteiger partial charge in [-0.3, -0.25) is 9.89 Å². The van der Waals surface area contributed by atoms with Crippen LogP contribution in [0.3, 0.4) is 0 Å². The van der Waals surface area contributed by atoms with Crippen molar-refractivity contribution in [2.24, 2.45) is 0 Å². The Labute approximate surface area is 112 Å². The van der Waals surface area contributed by atoms with E-state index in [1.54, 1.807) is 31.5 Å². The first-order valence-electron chi connectivity index (χ1n) is 5.99. The predicted molar refractivity (Wildman–Crippen MR) is 72.1 cm³/mol. The van der Waals surface area contributed by atoms with Gasteiger partial charge in [-0.25, -0.2) is 0 Å². The second-order valence-corrected chi connectivity index (χ2v) is 4.47. The van der Waals surface area contributed by atoms with Crippen molar-refractivity contribution in [2.75, 3.05) is 14.2 Å². The van der Waals surface area contributed by atoms with E-state index in [0.29, 0.717) is 17.9 Å². The van der Waals surface area contributed by atoms with Gasteiger partial charge in [-0.05, 0) is 19.1 Å². The van der Waals surface area contributed by atoms with Crippen molar-refractivity contribution in [3.63, 3.8) is 0 Å². The lowest BCUT2D eigenvalue weighted by atomic mass is 10.1. The highest BCUT2D eigenvalue weighted by Gasteiger charge is 2.17. The minimum atomic E-state index is -0.0678. The fraction of sp³-hybridized carbons (Fsp3) is 0.286. The van der Waals surface area contributed by atoms with Gasteiger partial charge in [0, 0.05) is 25.4 Å². The average molecular weight is 259 g/mol. The highest BCUT2D eigenvalue weighted by Crippen LogP contribution is 2.21. The number of aromatic nitrogens is 2. The molecule has 1 heterocycles. The molecule has 0 bridgehead atoms. The molecule has 5 nitrogen and oxygen atoms in total. The normalized spacial score (nSPS) is 10.3. The van der Waals surface area contributed by atoms with Crippen molar-refractivity contribution in [1.29, 1.82) is 0 Å². The fourth-order valence-electron chi connectivity index (χ4n) is 1.90. The van der Waals surface area contributed by atoms with Gasteiger partial charge in [-0.15, -0.1) is 0 Å². The molecule has 0 aliphatic carbocycles. The number of aryl methyl sites for hydroxylation is 1. The van der Waals surface area contributed by atoms with Crippen LogP contribution >= 0.6 is 0 Å². The molecule has 100 valence electrons. The Morgan fingerprint density at radius 2 is 2.26 bits per heavy atom. The minimum Gasteiger partial charge on any atom is -0.496 e. The largest absolute Gasteiger partial charge is 0.496 e. The van der Waals surface area contributed by atoms with E-state index in [-0.39, 0.29) is 5.91 Å². The fourth-order valence-corrected chi connectivity index (χ4v) is 1.90. The van der Waals surface area contributed by atoms with E-state index < -0.39 is 0 Å². The molecule has 1 aromatic heterocycles. The molecule has 1 N–H and O–H groups in total. The number of ether oxygens (including phenoxy) is 1. The van der Waals surface area contributed by atoms with Gasteiger partial charge in [0.15, 0.2) is 0 Å². The van der Waals surface area contributed by atoms with Crippen molar-refractivity contribution in [1.82, 2.24) is 15.1 Å². The quantitative estimate of drug-likeness (QED) is 0.913. The lowest BCUT2D eigenvalue weighted by Gasteiger charge is -2.18. The molecule has 0 unspecified atom stereocenters. The maximum Gasteiger partial charge on any atom is 0.257 e. The smallest absolute Gasteiger partial charge is 0.257 e. The Morgan fingerprint density at radius 3 is 2.89 bits per heavy atom. The van der Waals surface area contributed by atoms with E-state index in [1.807, 2.05) is 25.1 Å². The highest BCUT2D eigenvalue weighted by molar-refractivity contribution is 5.97.